The van der Waals surface area contributed by atoms with Crippen molar-refractivity contribution < 1.29 is 18.3 Å². The maximum absolute atomic E-state index is 14.5. The molecule has 1 amide bonds. The third-order valence-electron chi connectivity index (χ3n) is 4.52. The lowest BCUT2D eigenvalue weighted by molar-refractivity contribution is -0.113. The predicted octanol–water partition coefficient (Wildman–Crippen LogP) is 4.95. The van der Waals surface area contributed by atoms with Gasteiger partial charge in [-0.1, -0.05) is 30.0 Å². The van der Waals surface area contributed by atoms with E-state index >= 15 is 0 Å². The average Bonchev–Trinajstić information content (AvgIpc) is 3.22. The van der Waals surface area contributed by atoms with E-state index in [9.17, 15) is 13.6 Å². The van der Waals surface area contributed by atoms with Gasteiger partial charge in [-0.25, -0.2) is 8.78 Å². The molecular formula is C23H18F2N4O2S. The Kier molecular flexibility index (Phi) is 6.46. The maximum atomic E-state index is 14.5. The molecule has 0 aliphatic rings. The number of rotatable bonds is 7. The van der Waals surface area contributed by atoms with Crippen molar-refractivity contribution in [2.75, 3.05) is 18.2 Å². The van der Waals surface area contributed by atoms with Gasteiger partial charge < -0.3 is 10.1 Å². The average molecular weight is 452 g/mol. The first-order valence-corrected chi connectivity index (χ1v) is 10.6. The van der Waals surface area contributed by atoms with Crippen molar-refractivity contribution in [3.63, 3.8) is 0 Å². The van der Waals surface area contributed by atoms with Gasteiger partial charge in [0, 0.05) is 5.69 Å². The number of halogens is 2. The van der Waals surface area contributed by atoms with Crippen LogP contribution in [0.3, 0.4) is 0 Å². The second-order valence-electron chi connectivity index (χ2n) is 6.67. The number of ether oxygens (including phenoxy) is 1. The van der Waals surface area contributed by atoms with Crippen LogP contribution in [0.4, 0.5) is 14.5 Å². The molecular weight excluding hydrogens is 434 g/mol. The van der Waals surface area contributed by atoms with Crippen molar-refractivity contribution in [2.24, 2.45) is 0 Å². The van der Waals surface area contributed by atoms with Gasteiger partial charge in [0.1, 0.15) is 17.4 Å². The number of methoxy groups -OCH3 is 1. The maximum Gasteiger partial charge on any atom is 0.234 e. The normalized spacial score (nSPS) is 10.7. The quantitative estimate of drug-likeness (QED) is 0.402. The molecule has 0 spiro atoms. The van der Waals surface area contributed by atoms with E-state index in [4.69, 9.17) is 4.74 Å². The minimum absolute atomic E-state index is 0.00206. The Labute approximate surface area is 187 Å². The van der Waals surface area contributed by atoms with Crippen LogP contribution in [-0.2, 0) is 4.79 Å². The molecule has 0 aliphatic carbocycles. The summed E-state index contributed by atoms with van der Waals surface area (Å²) in [7, 11) is 1.57. The van der Waals surface area contributed by atoms with E-state index in [-0.39, 0.29) is 17.2 Å². The largest absolute Gasteiger partial charge is 0.497 e. The van der Waals surface area contributed by atoms with Crippen LogP contribution in [0.1, 0.15) is 0 Å². The van der Waals surface area contributed by atoms with Crippen molar-refractivity contribution >= 4 is 23.4 Å². The van der Waals surface area contributed by atoms with E-state index in [0.717, 1.165) is 11.8 Å². The van der Waals surface area contributed by atoms with Crippen LogP contribution in [0.5, 0.6) is 5.75 Å². The number of amides is 1. The minimum Gasteiger partial charge on any atom is -0.497 e. The monoisotopic (exact) mass is 452 g/mol. The van der Waals surface area contributed by atoms with Crippen molar-refractivity contribution in [1.29, 1.82) is 0 Å². The summed E-state index contributed by atoms with van der Waals surface area (Å²) in [5, 5.41) is 11.4. The molecule has 3 aromatic carbocycles. The zero-order valence-corrected chi connectivity index (χ0v) is 17.8. The van der Waals surface area contributed by atoms with Crippen molar-refractivity contribution in [2.45, 2.75) is 5.16 Å². The zero-order chi connectivity index (χ0) is 22.5. The molecule has 4 aromatic rings. The predicted molar refractivity (Wildman–Crippen MR) is 119 cm³/mol. The SMILES string of the molecule is COc1ccc(-n2c(SCC(=O)Nc3cccc(F)c3)nnc2-c2ccccc2F)cc1. The molecule has 32 heavy (non-hydrogen) atoms. The molecule has 1 aromatic heterocycles. The molecule has 0 unspecified atom stereocenters. The fourth-order valence-electron chi connectivity index (χ4n) is 3.04. The lowest BCUT2D eigenvalue weighted by Gasteiger charge is -2.11. The van der Waals surface area contributed by atoms with Gasteiger partial charge in [0.15, 0.2) is 11.0 Å². The van der Waals surface area contributed by atoms with E-state index in [1.54, 1.807) is 60.2 Å². The molecule has 0 bridgehead atoms. The number of nitrogens with one attached hydrogen (secondary N) is 1. The summed E-state index contributed by atoms with van der Waals surface area (Å²) in [5.74, 6) is -0.238. The molecule has 1 N–H and O–H groups in total. The van der Waals surface area contributed by atoms with Gasteiger partial charge in [0.25, 0.3) is 0 Å². The Morgan fingerprint density at radius 3 is 2.53 bits per heavy atom. The Hall–Kier alpha value is -3.72. The highest BCUT2D eigenvalue weighted by atomic mass is 32.2. The molecule has 162 valence electrons. The molecule has 0 aliphatic heterocycles. The van der Waals surface area contributed by atoms with Crippen LogP contribution < -0.4 is 10.1 Å². The minimum atomic E-state index is -0.441. The fourth-order valence-corrected chi connectivity index (χ4v) is 3.79. The van der Waals surface area contributed by atoms with E-state index in [1.807, 2.05) is 0 Å². The van der Waals surface area contributed by atoms with Crippen molar-refractivity contribution in [1.82, 2.24) is 14.8 Å². The van der Waals surface area contributed by atoms with Crippen LogP contribution in [-0.4, -0.2) is 33.5 Å². The number of hydrogen-bond donors (Lipinski definition) is 1. The highest BCUT2D eigenvalue weighted by Crippen LogP contribution is 2.30. The molecule has 0 saturated heterocycles. The molecule has 4 rings (SSSR count). The number of carbonyl (C=O) groups excluding carboxylic acids is 1. The first kappa shape index (κ1) is 21.5. The highest BCUT2D eigenvalue weighted by molar-refractivity contribution is 7.99. The summed E-state index contributed by atoms with van der Waals surface area (Å²) in [4.78, 5) is 12.4. The molecule has 9 heteroatoms. The van der Waals surface area contributed by atoms with Gasteiger partial charge in [-0.3, -0.25) is 9.36 Å². The summed E-state index contributed by atoms with van der Waals surface area (Å²) in [6, 6.07) is 19.0. The summed E-state index contributed by atoms with van der Waals surface area (Å²) in [6.45, 7) is 0. The smallest absolute Gasteiger partial charge is 0.234 e. The Morgan fingerprint density at radius 1 is 1.03 bits per heavy atom. The highest BCUT2D eigenvalue weighted by Gasteiger charge is 2.19. The molecule has 0 atom stereocenters. The van der Waals surface area contributed by atoms with Gasteiger partial charge in [0.05, 0.1) is 24.1 Å². The van der Waals surface area contributed by atoms with E-state index in [2.05, 4.69) is 15.5 Å². The first-order valence-electron chi connectivity index (χ1n) is 9.58. The number of hydrogen-bond acceptors (Lipinski definition) is 5. The molecule has 0 radical (unpaired) electrons. The lowest BCUT2D eigenvalue weighted by atomic mass is 10.2. The molecule has 0 fully saturated rings. The third-order valence-corrected chi connectivity index (χ3v) is 5.45. The van der Waals surface area contributed by atoms with Crippen molar-refractivity contribution in [3.05, 3.63) is 84.4 Å². The van der Waals surface area contributed by atoms with Crippen LogP contribution in [0.15, 0.2) is 78.0 Å². The second-order valence-corrected chi connectivity index (χ2v) is 7.61. The number of thioether (sulfide) groups is 1. The Balaban J connectivity index is 1.62. The zero-order valence-electron chi connectivity index (χ0n) is 17.0. The van der Waals surface area contributed by atoms with E-state index in [1.165, 1.54) is 24.3 Å². The van der Waals surface area contributed by atoms with E-state index < -0.39 is 11.6 Å². The summed E-state index contributed by atoms with van der Waals surface area (Å²) in [5.41, 5.74) is 1.33. The van der Waals surface area contributed by atoms with Crippen LogP contribution in [0.25, 0.3) is 17.1 Å². The number of aromatic nitrogens is 3. The summed E-state index contributed by atoms with van der Waals surface area (Å²) >= 11 is 1.13. The number of anilines is 1. The van der Waals surface area contributed by atoms with E-state index in [0.29, 0.717) is 28.1 Å². The Morgan fingerprint density at radius 2 is 1.81 bits per heavy atom. The van der Waals surface area contributed by atoms with Gasteiger partial charge in [-0.15, -0.1) is 10.2 Å². The fraction of sp³-hybridized carbons (Fsp3) is 0.0870. The molecule has 6 nitrogen and oxygen atoms in total. The molecule has 1 heterocycles. The first-order chi connectivity index (χ1) is 15.5. The summed E-state index contributed by atoms with van der Waals surface area (Å²) in [6.07, 6.45) is 0. The van der Waals surface area contributed by atoms with Crippen molar-refractivity contribution in [3.8, 4) is 22.8 Å². The standard InChI is InChI=1S/C23H18F2N4O2S/c1-31-18-11-9-17(10-12-18)29-22(19-7-2-3-8-20(19)25)27-28-23(29)32-14-21(30)26-16-6-4-5-15(24)13-16/h2-13H,14H2,1H3,(H,26,30). The van der Waals surface area contributed by atoms with Gasteiger partial charge in [0.2, 0.25) is 5.91 Å². The van der Waals surface area contributed by atoms with Gasteiger partial charge in [-0.05, 0) is 54.6 Å². The topological polar surface area (TPSA) is 69.0 Å². The van der Waals surface area contributed by atoms with Gasteiger partial charge >= 0.3 is 0 Å². The number of carbonyl (C=O) groups is 1. The third kappa shape index (κ3) is 4.78. The summed E-state index contributed by atoms with van der Waals surface area (Å²) < 4.78 is 34.7. The number of nitrogens with zero attached hydrogens (tertiary/aromatic N) is 3. The van der Waals surface area contributed by atoms with Crippen LogP contribution >= 0.6 is 11.8 Å². The van der Waals surface area contributed by atoms with Crippen LogP contribution in [0, 0.1) is 11.6 Å². The Bertz CT molecular complexity index is 1240. The van der Waals surface area contributed by atoms with Crippen LogP contribution in [0.2, 0.25) is 0 Å². The molecule has 0 saturated carbocycles. The van der Waals surface area contributed by atoms with Gasteiger partial charge in [-0.2, -0.15) is 0 Å². The second kappa shape index (κ2) is 9.61. The number of benzene rings is 3. The lowest BCUT2D eigenvalue weighted by Crippen LogP contribution is -2.14.